The van der Waals surface area contributed by atoms with Crippen LogP contribution in [0.3, 0.4) is 0 Å². The second-order valence-corrected chi connectivity index (χ2v) is 4.90. The minimum Gasteiger partial charge on any atom is -0.334 e. The second-order valence-electron chi connectivity index (χ2n) is 3.98. The van der Waals surface area contributed by atoms with Crippen molar-refractivity contribution in [3.63, 3.8) is 0 Å². The first-order valence-electron chi connectivity index (χ1n) is 5.51. The number of benzene rings is 1. The fraction of sp³-hybridized carbons (Fsp3) is 0.0833. The van der Waals surface area contributed by atoms with Crippen LogP contribution in [-0.2, 0) is 6.18 Å². The third-order valence-electron chi connectivity index (χ3n) is 2.48. The molecule has 0 spiro atoms. The van der Waals surface area contributed by atoms with Crippen LogP contribution in [0.15, 0.2) is 41.0 Å². The Morgan fingerprint density at radius 1 is 1.29 bits per heavy atom. The molecular formula is C12H7BrF3N3O2. The van der Waals surface area contributed by atoms with E-state index >= 15 is 0 Å². The van der Waals surface area contributed by atoms with Crippen molar-refractivity contribution in [2.24, 2.45) is 0 Å². The molecule has 9 heteroatoms. The van der Waals surface area contributed by atoms with E-state index in [1.54, 1.807) is 0 Å². The Morgan fingerprint density at radius 3 is 2.62 bits per heavy atom. The highest BCUT2D eigenvalue weighted by Gasteiger charge is 2.30. The lowest BCUT2D eigenvalue weighted by atomic mass is 10.2. The molecule has 0 saturated heterocycles. The van der Waals surface area contributed by atoms with Crippen molar-refractivity contribution in [1.82, 2.24) is 4.98 Å². The van der Waals surface area contributed by atoms with Gasteiger partial charge in [0.15, 0.2) is 0 Å². The molecule has 0 fully saturated rings. The van der Waals surface area contributed by atoms with Crippen LogP contribution in [-0.4, -0.2) is 9.91 Å². The predicted octanol–water partition coefficient (Wildman–Crippen LogP) is 4.51. The number of hydrogen-bond donors (Lipinski definition) is 1. The van der Waals surface area contributed by atoms with E-state index in [2.05, 4.69) is 26.2 Å². The lowest BCUT2D eigenvalue weighted by Gasteiger charge is -2.10. The van der Waals surface area contributed by atoms with Gasteiger partial charge in [-0.25, -0.2) is 4.98 Å². The lowest BCUT2D eigenvalue weighted by Crippen LogP contribution is -2.06. The molecule has 1 aromatic carbocycles. The molecule has 0 aliphatic heterocycles. The quantitative estimate of drug-likeness (QED) is 0.644. The summed E-state index contributed by atoms with van der Waals surface area (Å²) in [6.45, 7) is 0. The van der Waals surface area contributed by atoms with Crippen LogP contribution in [0.2, 0.25) is 0 Å². The topological polar surface area (TPSA) is 68.1 Å². The van der Waals surface area contributed by atoms with Crippen LogP contribution in [0.4, 0.5) is 30.4 Å². The van der Waals surface area contributed by atoms with Gasteiger partial charge in [0.05, 0.1) is 10.5 Å². The summed E-state index contributed by atoms with van der Waals surface area (Å²) in [5, 5.41) is 13.4. The molecule has 2 aromatic rings. The molecule has 2 rings (SSSR count). The van der Waals surface area contributed by atoms with E-state index in [1.165, 1.54) is 24.4 Å². The van der Waals surface area contributed by atoms with E-state index in [4.69, 9.17) is 0 Å². The van der Waals surface area contributed by atoms with Crippen molar-refractivity contribution in [3.8, 4) is 0 Å². The molecule has 0 aliphatic rings. The van der Waals surface area contributed by atoms with Gasteiger partial charge in [0.25, 0.3) is 0 Å². The molecule has 1 aromatic heterocycles. The molecule has 0 saturated carbocycles. The van der Waals surface area contributed by atoms with Gasteiger partial charge in [0, 0.05) is 22.4 Å². The average molecular weight is 362 g/mol. The third-order valence-corrected chi connectivity index (χ3v) is 2.92. The Bertz CT molecular complexity index is 692. The number of aromatic nitrogens is 1. The average Bonchev–Trinajstić information content (AvgIpc) is 2.40. The van der Waals surface area contributed by atoms with Crippen LogP contribution >= 0.6 is 15.9 Å². The zero-order chi connectivity index (χ0) is 15.6. The number of hydrogen-bond acceptors (Lipinski definition) is 4. The summed E-state index contributed by atoms with van der Waals surface area (Å²) in [4.78, 5) is 14.0. The lowest BCUT2D eigenvalue weighted by molar-refractivity contribution is -0.384. The first-order chi connectivity index (χ1) is 9.77. The summed E-state index contributed by atoms with van der Waals surface area (Å²) in [6.07, 6.45) is -3.18. The monoisotopic (exact) mass is 361 g/mol. The molecular weight excluding hydrogens is 355 g/mol. The maximum Gasteiger partial charge on any atom is 0.416 e. The zero-order valence-corrected chi connectivity index (χ0v) is 11.8. The summed E-state index contributed by atoms with van der Waals surface area (Å²) in [6, 6.07) is 5.55. The largest absolute Gasteiger partial charge is 0.416 e. The second kappa shape index (κ2) is 5.68. The number of pyridine rings is 1. The molecule has 0 aliphatic carbocycles. The molecule has 0 atom stereocenters. The normalized spacial score (nSPS) is 11.2. The highest BCUT2D eigenvalue weighted by molar-refractivity contribution is 9.10. The molecule has 1 N–H and O–H groups in total. The van der Waals surface area contributed by atoms with Crippen molar-refractivity contribution in [1.29, 1.82) is 0 Å². The van der Waals surface area contributed by atoms with Crippen molar-refractivity contribution < 1.29 is 18.1 Å². The summed E-state index contributed by atoms with van der Waals surface area (Å²) >= 11 is 3.04. The third kappa shape index (κ3) is 3.69. The first-order valence-corrected chi connectivity index (χ1v) is 6.31. The Balaban J connectivity index is 2.37. The summed E-state index contributed by atoms with van der Waals surface area (Å²) in [5.74, 6) is -0.137. The highest BCUT2D eigenvalue weighted by atomic mass is 79.9. The van der Waals surface area contributed by atoms with Crippen molar-refractivity contribution in [2.75, 3.05) is 5.32 Å². The fourth-order valence-electron chi connectivity index (χ4n) is 1.57. The molecule has 1 heterocycles. The molecule has 0 amide bonds. The minimum absolute atomic E-state index is 0.0581. The van der Waals surface area contributed by atoms with E-state index in [0.29, 0.717) is 4.47 Å². The summed E-state index contributed by atoms with van der Waals surface area (Å²) < 4.78 is 38.2. The molecule has 110 valence electrons. The van der Waals surface area contributed by atoms with Gasteiger partial charge in [-0.1, -0.05) is 6.07 Å². The van der Waals surface area contributed by atoms with Crippen LogP contribution < -0.4 is 5.32 Å². The van der Waals surface area contributed by atoms with E-state index in [-0.39, 0.29) is 17.2 Å². The molecule has 0 radical (unpaired) electrons. The van der Waals surface area contributed by atoms with Crippen molar-refractivity contribution >= 4 is 33.1 Å². The summed E-state index contributed by atoms with van der Waals surface area (Å²) in [5.41, 5.74) is -1.14. The maximum absolute atomic E-state index is 12.6. The number of nitrogens with one attached hydrogen (secondary N) is 1. The van der Waals surface area contributed by atoms with Gasteiger partial charge in [-0.3, -0.25) is 10.1 Å². The Hall–Kier alpha value is -2.16. The van der Waals surface area contributed by atoms with Gasteiger partial charge in [-0.05, 0) is 34.1 Å². The predicted molar refractivity (Wildman–Crippen MR) is 73.3 cm³/mol. The van der Waals surface area contributed by atoms with Gasteiger partial charge in [-0.15, -0.1) is 0 Å². The van der Waals surface area contributed by atoms with Gasteiger partial charge < -0.3 is 5.32 Å². The van der Waals surface area contributed by atoms with E-state index in [9.17, 15) is 23.3 Å². The Morgan fingerprint density at radius 2 is 2.00 bits per heavy atom. The minimum atomic E-state index is -4.49. The van der Waals surface area contributed by atoms with Crippen LogP contribution in [0.25, 0.3) is 0 Å². The van der Waals surface area contributed by atoms with Crippen LogP contribution in [0, 0.1) is 10.1 Å². The number of rotatable bonds is 3. The zero-order valence-electron chi connectivity index (χ0n) is 10.2. The van der Waals surface area contributed by atoms with Gasteiger partial charge in [0.2, 0.25) is 5.82 Å². The molecule has 0 unspecified atom stereocenters. The SMILES string of the molecule is O=[N+]([O-])c1cc(Br)cnc1Nc1cccc(C(F)(F)F)c1. The van der Waals surface area contributed by atoms with E-state index in [0.717, 1.165) is 12.1 Å². The number of alkyl halides is 3. The van der Waals surface area contributed by atoms with Gasteiger partial charge >= 0.3 is 11.9 Å². The standard InChI is InChI=1S/C12H7BrF3N3O2/c13-8-5-10(19(20)21)11(17-6-8)18-9-3-1-2-7(4-9)12(14,15)16/h1-6H,(H,17,18). The molecule has 5 nitrogen and oxygen atoms in total. The van der Waals surface area contributed by atoms with Crippen molar-refractivity contribution in [3.05, 3.63) is 56.7 Å². The van der Waals surface area contributed by atoms with E-state index < -0.39 is 16.7 Å². The first kappa shape index (κ1) is 15.2. The number of nitro groups is 1. The van der Waals surface area contributed by atoms with Crippen molar-refractivity contribution in [2.45, 2.75) is 6.18 Å². The Labute approximate surface area is 125 Å². The van der Waals surface area contributed by atoms with Gasteiger partial charge in [0.1, 0.15) is 0 Å². The molecule has 21 heavy (non-hydrogen) atoms. The number of anilines is 2. The van der Waals surface area contributed by atoms with Gasteiger partial charge in [-0.2, -0.15) is 13.2 Å². The Kier molecular flexibility index (Phi) is 4.12. The van der Waals surface area contributed by atoms with Crippen LogP contribution in [0.1, 0.15) is 5.56 Å². The molecule has 0 bridgehead atoms. The number of nitrogens with zero attached hydrogens (tertiary/aromatic N) is 2. The maximum atomic E-state index is 12.6. The number of halogens is 4. The highest BCUT2D eigenvalue weighted by Crippen LogP contribution is 2.33. The summed E-state index contributed by atoms with van der Waals surface area (Å²) in [7, 11) is 0. The van der Waals surface area contributed by atoms with E-state index in [1.807, 2.05) is 0 Å². The van der Waals surface area contributed by atoms with Crippen LogP contribution in [0.5, 0.6) is 0 Å². The smallest absolute Gasteiger partial charge is 0.334 e. The fourth-order valence-corrected chi connectivity index (χ4v) is 1.89.